The van der Waals surface area contributed by atoms with Crippen molar-refractivity contribution in [2.24, 2.45) is 17.8 Å². The molecule has 3 fully saturated rings. The van der Waals surface area contributed by atoms with E-state index >= 15 is 0 Å². The maximum atomic E-state index is 12.3. The van der Waals surface area contributed by atoms with Crippen molar-refractivity contribution in [3.8, 4) is 0 Å². The minimum absolute atomic E-state index is 0. The molecule has 3 nitrogen and oxygen atoms in total. The van der Waals surface area contributed by atoms with Gasteiger partial charge in [-0.15, -0.1) is 12.4 Å². The summed E-state index contributed by atoms with van der Waals surface area (Å²) in [5.74, 6) is 2.35. The van der Waals surface area contributed by atoms with Crippen LogP contribution in [0.15, 0.2) is 0 Å². The van der Waals surface area contributed by atoms with Gasteiger partial charge in [0.05, 0.1) is 0 Å². The Morgan fingerprint density at radius 1 is 1.16 bits per heavy atom. The normalized spacial score (nSPS) is 25.8. The molecule has 0 aromatic heterocycles. The fourth-order valence-corrected chi connectivity index (χ4v) is 3.05. The quantitative estimate of drug-likeness (QED) is 0.842. The molecular formula is C15H27ClN2O. The number of carbonyl (C=O) groups is 1. The van der Waals surface area contributed by atoms with Crippen LogP contribution in [-0.4, -0.2) is 36.5 Å². The van der Waals surface area contributed by atoms with Crippen molar-refractivity contribution < 1.29 is 4.79 Å². The van der Waals surface area contributed by atoms with Gasteiger partial charge < -0.3 is 10.2 Å². The topological polar surface area (TPSA) is 32.3 Å². The number of hydrogen-bond donors (Lipinski definition) is 1. The molecule has 1 saturated heterocycles. The number of hydrogen-bond acceptors (Lipinski definition) is 2. The highest BCUT2D eigenvalue weighted by atomic mass is 35.5. The number of halogens is 1. The predicted molar refractivity (Wildman–Crippen MR) is 79.5 cm³/mol. The summed E-state index contributed by atoms with van der Waals surface area (Å²) in [4.78, 5) is 14.4. The lowest BCUT2D eigenvalue weighted by Crippen LogP contribution is -2.47. The van der Waals surface area contributed by atoms with Crippen molar-refractivity contribution in [3.05, 3.63) is 0 Å². The molecule has 1 N–H and O–H groups in total. The van der Waals surface area contributed by atoms with Gasteiger partial charge in [0.2, 0.25) is 5.91 Å². The first-order chi connectivity index (χ1) is 8.74. The molecular weight excluding hydrogens is 260 g/mol. The van der Waals surface area contributed by atoms with Crippen molar-refractivity contribution in [1.29, 1.82) is 0 Å². The molecule has 1 atom stereocenters. The van der Waals surface area contributed by atoms with E-state index in [1.165, 1.54) is 32.2 Å². The molecule has 0 aromatic carbocycles. The molecule has 1 amide bonds. The Balaban J connectivity index is 0.00000133. The van der Waals surface area contributed by atoms with Crippen LogP contribution >= 0.6 is 12.4 Å². The summed E-state index contributed by atoms with van der Waals surface area (Å²) in [5, 5.41) is 3.67. The van der Waals surface area contributed by atoms with E-state index in [4.69, 9.17) is 0 Å². The molecule has 3 aliphatic rings. The van der Waals surface area contributed by atoms with Crippen molar-refractivity contribution in [2.45, 2.75) is 51.5 Å². The average Bonchev–Trinajstić information content (AvgIpc) is 3.29. The van der Waals surface area contributed by atoms with Gasteiger partial charge >= 0.3 is 0 Å². The molecule has 110 valence electrons. The van der Waals surface area contributed by atoms with Crippen LogP contribution in [0, 0.1) is 17.8 Å². The van der Waals surface area contributed by atoms with Crippen molar-refractivity contribution in [3.63, 3.8) is 0 Å². The van der Waals surface area contributed by atoms with Crippen LogP contribution in [0.25, 0.3) is 0 Å². The van der Waals surface area contributed by atoms with E-state index in [2.05, 4.69) is 17.1 Å². The third-order valence-corrected chi connectivity index (χ3v) is 4.92. The van der Waals surface area contributed by atoms with Crippen molar-refractivity contribution in [1.82, 2.24) is 10.2 Å². The number of rotatable bonds is 5. The van der Waals surface area contributed by atoms with E-state index in [1.807, 2.05) is 0 Å². The molecule has 1 unspecified atom stereocenters. The highest BCUT2D eigenvalue weighted by Crippen LogP contribution is 2.37. The van der Waals surface area contributed by atoms with Crippen LogP contribution in [0.2, 0.25) is 0 Å². The highest BCUT2D eigenvalue weighted by Gasteiger charge is 2.36. The van der Waals surface area contributed by atoms with Crippen LogP contribution in [0.3, 0.4) is 0 Å². The lowest BCUT2D eigenvalue weighted by Gasteiger charge is -2.34. The van der Waals surface area contributed by atoms with Gasteiger partial charge in [-0.2, -0.15) is 0 Å². The Morgan fingerprint density at radius 3 is 2.32 bits per heavy atom. The molecule has 2 saturated carbocycles. The number of nitrogens with zero attached hydrogens (tertiary/aromatic N) is 1. The third kappa shape index (κ3) is 4.09. The first kappa shape index (κ1) is 15.1. The number of nitrogens with one attached hydrogen (secondary N) is 1. The molecule has 2 aliphatic carbocycles. The van der Waals surface area contributed by atoms with Gasteiger partial charge in [-0.25, -0.2) is 0 Å². The average molecular weight is 287 g/mol. The van der Waals surface area contributed by atoms with E-state index in [1.54, 1.807) is 0 Å². The fraction of sp³-hybridized carbons (Fsp3) is 0.933. The number of likely N-dealkylation sites (tertiary alicyclic amines) is 1. The molecule has 19 heavy (non-hydrogen) atoms. The molecule has 0 radical (unpaired) electrons. The zero-order valence-corrected chi connectivity index (χ0v) is 12.8. The van der Waals surface area contributed by atoms with Crippen LogP contribution in [-0.2, 0) is 4.79 Å². The lowest BCUT2D eigenvalue weighted by molar-refractivity contribution is -0.136. The highest BCUT2D eigenvalue weighted by molar-refractivity contribution is 5.85. The first-order valence-electron chi connectivity index (χ1n) is 7.76. The van der Waals surface area contributed by atoms with E-state index in [9.17, 15) is 4.79 Å². The minimum Gasteiger partial charge on any atom is -0.342 e. The molecule has 1 heterocycles. The Labute approximate surface area is 122 Å². The molecule has 0 spiro atoms. The van der Waals surface area contributed by atoms with Gasteiger partial charge in [-0.1, -0.05) is 6.92 Å². The summed E-state index contributed by atoms with van der Waals surface area (Å²) in [7, 11) is 0. The summed E-state index contributed by atoms with van der Waals surface area (Å²) >= 11 is 0. The summed E-state index contributed by atoms with van der Waals surface area (Å²) < 4.78 is 0. The van der Waals surface area contributed by atoms with E-state index in [0.29, 0.717) is 17.9 Å². The molecule has 4 heteroatoms. The number of piperidine rings is 1. The van der Waals surface area contributed by atoms with E-state index in [0.717, 1.165) is 31.8 Å². The van der Waals surface area contributed by atoms with Crippen LogP contribution in [0.1, 0.15) is 45.4 Å². The molecule has 0 aromatic rings. The predicted octanol–water partition coefficient (Wildman–Crippen LogP) is 2.44. The largest absolute Gasteiger partial charge is 0.342 e. The molecule has 0 bridgehead atoms. The Morgan fingerprint density at radius 2 is 1.79 bits per heavy atom. The summed E-state index contributed by atoms with van der Waals surface area (Å²) in [6.45, 7) is 5.27. The minimum atomic E-state index is 0. The van der Waals surface area contributed by atoms with Crippen molar-refractivity contribution in [2.75, 3.05) is 19.6 Å². The van der Waals surface area contributed by atoms with Crippen LogP contribution in [0.4, 0.5) is 0 Å². The number of amides is 1. The van der Waals surface area contributed by atoms with E-state index < -0.39 is 0 Å². The van der Waals surface area contributed by atoms with Gasteiger partial charge in [-0.05, 0) is 56.9 Å². The monoisotopic (exact) mass is 286 g/mol. The Hall–Kier alpha value is -0.280. The first-order valence-corrected chi connectivity index (χ1v) is 7.76. The van der Waals surface area contributed by atoms with E-state index in [-0.39, 0.29) is 18.3 Å². The van der Waals surface area contributed by atoms with Gasteiger partial charge in [0.15, 0.2) is 0 Å². The number of carbonyl (C=O) groups excluding carboxylic acids is 1. The zero-order chi connectivity index (χ0) is 12.5. The second-order valence-electron chi connectivity index (χ2n) is 6.58. The van der Waals surface area contributed by atoms with Gasteiger partial charge in [0.1, 0.15) is 0 Å². The molecule has 1 aliphatic heterocycles. The Bertz CT molecular complexity index is 307. The third-order valence-electron chi connectivity index (χ3n) is 4.92. The van der Waals surface area contributed by atoms with Crippen LogP contribution in [0.5, 0.6) is 0 Å². The van der Waals surface area contributed by atoms with Gasteiger partial charge in [0.25, 0.3) is 0 Å². The maximum absolute atomic E-state index is 12.3. The SMILES string of the molecule is CC(C(=O)N1CCC(NCC2CC2)CC1)C1CC1.Cl. The zero-order valence-electron chi connectivity index (χ0n) is 11.9. The second-order valence-corrected chi connectivity index (χ2v) is 6.58. The summed E-state index contributed by atoms with van der Waals surface area (Å²) in [5.41, 5.74) is 0. The van der Waals surface area contributed by atoms with Crippen LogP contribution < -0.4 is 5.32 Å². The van der Waals surface area contributed by atoms with Crippen molar-refractivity contribution >= 4 is 18.3 Å². The Kier molecular flexibility index (Phi) is 5.13. The maximum Gasteiger partial charge on any atom is 0.225 e. The smallest absolute Gasteiger partial charge is 0.225 e. The van der Waals surface area contributed by atoms with Gasteiger partial charge in [0, 0.05) is 25.0 Å². The fourth-order valence-electron chi connectivity index (χ4n) is 3.05. The molecule has 3 rings (SSSR count). The summed E-state index contributed by atoms with van der Waals surface area (Å²) in [6, 6.07) is 0.658. The van der Waals surface area contributed by atoms with Gasteiger partial charge in [-0.3, -0.25) is 4.79 Å². The second kappa shape index (κ2) is 6.45. The summed E-state index contributed by atoms with van der Waals surface area (Å²) in [6.07, 6.45) is 7.68. The standard InChI is InChI=1S/C15H26N2O.ClH/c1-11(13-4-5-13)15(18)17-8-6-14(7-9-17)16-10-12-2-3-12;/h11-14,16H,2-10H2,1H3;1H. The lowest BCUT2D eigenvalue weighted by atomic mass is 10.00.